The summed E-state index contributed by atoms with van der Waals surface area (Å²) in [5, 5.41) is 4.29. The molecular formula is C24H22FN3O. The van der Waals surface area contributed by atoms with Crippen molar-refractivity contribution in [3.63, 3.8) is 0 Å². The Hall–Kier alpha value is -2.97. The second-order valence-electron chi connectivity index (χ2n) is 8.04. The first-order chi connectivity index (χ1) is 14.1. The maximum atomic E-state index is 13.3. The second kappa shape index (κ2) is 7.13. The Labute approximate surface area is 168 Å². The lowest BCUT2D eigenvalue weighted by Gasteiger charge is -2.27. The molecule has 1 saturated heterocycles. The number of hydrogen-bond donors (Lipinski definition) is 1. The van der Waals surface area contributed by atoms with Crippen LogP contribution in [0.25, 0.3) is 10.9 Å². The van der Waals surface area contributed by atoms with E-state index in [1.807, 2.05) is 22.8 Å². The summed E-state index contributed by atoms with van der Waals surface area (Å²) < 4.78 is 15.2. The molecule has 2 aromatic carbocycles. The van der Waals surface area contributed by atoms with Gasteiger partial charge in [-0.25, -0.2) is 9.37 Å². The molecule has 4 nitrogen and oxygen atoms in total. The van der Waals surface area contributed by atoms with Crippen molar-refractivity contribution in [3.8, 4) is 11.8 Å². The van der Waals surface area contributed by atoms with Crippen molar-refractivity contribution in [2.75, 3.05) is 6.54 Å². The first-order valence-corrected chi connectivity index (χ1v) is 10.2. The fraction of sp³-hybridized carbons (Fsp3) is 0.333. The summed E-state index contributed by atoms with van der Waals surface area (Å²) in [4.78, 5) is 17.9. The van der Waals surface area contributed by atoms with E-state index in [0.717, 1.165) is 37.2 Å². The summed E-state index contributed by atoms with van der Waals surface area (Å²) in [5.41, 5.74) is 2.26. The van der Waals surface area contributed by atoms with Crippen molar-refractivity contribution < 1.29 is 4.39 Å². The molecule has 0 aliphatic carbocycles. The Kier molecular flexibility index (Phi) is 4.44. The standard InChI is InChI=1S/C24H22FN3O/c25-19-4-1-3-17(15-19)5-6-18-7-8-20-21(16-18)27-22-9-11-24(10-2-13-26-24)12-14-28(22)23(20)29/h1,3-4,7-8,15-16,26H,2,9-14H2. The lowest BCUT2D eigenvalue weighted by molar-refractivity contribution is 0.322. The molecular weight excluding hydrogens is 365 g/mol. The van der Waals surface area contributed by atoms with Crippen LogP contribution in [0.15, 0.2) is 47.3 Å². The third-order valence-corrected chi connectivity index (χ3v) is 6.18. The highest BCUT2D eigenvalue weighted by Gasteiger charge is 2.35. The molecule has 0 radical (unpaired) electrons. The number of benzene rings is 2. The van der Waals surface area contributed by atoms with E-state index in [1.54, 1.807) is 12.1 Å². The molecule has 1 spiro atoms. The predicted octanol–water partition coefficient (Wildman–Crippen LogP) is 3.39. The summed E-state index contributed by atoms with van der Waals surface area (Å²) in [5.74, 6) is 6.59. The minimum Gasteiger partial charge on any atom is -0.311 e. The number of fused-ring (bicyclic) bond motifs is 2. The van der Waals surface area contributed by atoms with Crippen LogP contribution in [0, 0.1) is 17.7 Å². The van der Waals surface area contributed by atoms with Gasteiger partial charge in [-0.1, -0.05) is 17.9 Å². The fourth-order valence-corrected chi connectivity index (χ4v) is 4.57. The van der Waals surface area contributed by atoms with E-state index in [2.05, 4.69) is 17.2 Å². The zero-order chi connectivity index (χ0) is 19.8. The normalized spacial score (nSPS) is 20.9. The van der Waals surface area contributed by atoms with Gasteiger partial charge in [0.25, 0.3) is 5.56 Å². The minimum atomic E-state index is -0.304. The van der Waals surface area contributed by atoms with Gasteiger partial charge in [-0.2, -0.15) is 0 Å². The predicted molar refractivity (Wildman–Crippen MR) is 111 cm³/mol. The minimum absolute atomic E-state index is 0.0321. The molecule has 1 unspecified atom stereocenters. The Balaban J connectivity index is 1.51. The highest BCUT2D eigenvalue weighted by molar-refractivity contribution is 5.79. The molecule has 1 atom stereocenters. The summed E-state index contributed by atoms with van der Waals surface area (Å²) in [7, 11) is 0. The molecule has 0 amide bonds. The summed E-state index contributed by atoms with van der Waals surface area (Å²) in [6, 6.07) is 11.7. The molecule has 0 saturated carbocycles. The Morgan fingerprint density at radius 1 is 1.07 bits per heavy atom. The molecule has 0 bridgehead atoms. The van der Waals surface area contributed by atoms with Crippen LogP contribution in [0.5, 0.6) is 0 Å². The smallest absolute Gasteiger partial charge is 0.261 e. The van der Waals surface area contributed by atoms with Gasteiger partial charge in [0.05, 0.1) is 10.9 Å². The molecule has 2 aliphatic heterocycles. The summed E-state index contributed by atoms with van der Waals surface area (Å²) in [6.07, 6.45) is 5.18. The molecule has 5 heteroatoms. The average molecular weight is 387 g/mol. The fourth-order valence-electron chi connectivity index (χ4n) is 4.57. The molecule has 3 aromatic rings. The number of hydrogen-bond acceptors (Lipinski definition) is 3. The van der Waals surface area contributed by atoms with Crippen molar-refractivity contribution in [3.05, 3.63) is 75.6 Å². The Morgan fingerprint density at radius 3 is 2.72 bits per heavy atom. The van der Waals surface area contributed by atoms with Gasteiger partial charge in [-0.15, -0.1) is 0 Å². The largest absolute Gasteiger partial charge is 0.311 e. The molecule has 1 N–H and O–H groups in total. The zero-order valence-corrected chi connectivity index (χ0v) is 16.2. The van der Waals surface area contributed by atoms with Crippen LogP contribution in [0.2, 0.25) is 0 Å². The van der Waals surface area contributed by atoms with Gasteiger partial charge >= 0.3 is 0 Å². The lowest BCUT2D eigenvalue weighted by Crippen LogP contribution is -2.40. The summed E-state index contributed by atoms with van der Waals surface area (Å²) >= 11 is 0. The molecule has 2 aliphatic rings. The van der Waals surface area contributed by atoms with Crippen molar-refractivity contribution in [1.82, 2.24) is 14.9 Å². The van der Waals surface area contributed by atoms with Crippen LogP contribution < -0.4 is 10.9 Å². The van der Waals surface area contributed by atoms with Gasteiger partial charge in [0, 0.05) is 29.6 Å². The van der Waals surface area contributed by atoms with Gasteiger partial charge in [0.1, 0.15) is 11.6 Å². The molecule has 1 aromatic heterocycles. The van der Waals surface area contributed by atoms with Gasteiger partial charge in [0.15, 0.2) is 0 Å². The van der Waals surface area contributed by atoms with Crippen LogP contribution in [0.1, 0.15) is 42.6 Å². The number of aromatic nitrogens is 2. The Morgan fingerprint density at radius 2 is 1.93 bits per heavy atom. The number of nitrogens with zero attached hydrogens (tertiary/aromatic N) is 2. The van der Waals surface area contributed by atoms with Gasteiger partial charge in [-0.3, -0.25) is 9.36 Å². The van der Waals surface area contributed by atoms with Crippen molar-refractivity contribution >= 4 is 10.9 Å². The highest BCUT2D eigenvalue weighted by atomic mass is 19.1. The first-order valence-electron chi connectivity index (χ1n) is 10.2. The van der Waals surface area contributed by atoms with Crippen LogP contribution in [-0.4, -0.2) is 21.6 Å². The van der Waals surface area contributed by atoms with E-state index < -0.39 is 0 Å². The van der Waals surface area contributed by atoms with Crippen molar-refractivity contribution in [2.24, 2.45) is 0 Å². The SMILES string of the molecule is O=c1c2ccc(C#Cc3cccc(F)c3)cc2nc2n1CCC1(CCCN1)CC2. The first kappa shape index (κ1) is 18.1. The van der Waals surface area contributed by atoms with E-state index >= 15 is 0 Å². The quantitative estimate of drug-likeness (QED) is 0.602. The molecule has 146 valence electrons. The maximum absolute atomic E-state index is 13.3. The topological polar surface area (TPSA) is 46.9 Å². The number of aryl methyl sites for hydroxylation is 1. The third-order valence-electron chi connectivity index (χ3n) is 6.18. The van der Waals surface area contributed by atoms with Crippen molar-refractivity contribution in [2.45, 2.75) is 44.2 Å². The highest BCUT2D eigenvalue weighted by Crippen LogP contribution is 2.31. The van der Waals surface area contributed by atoms with E-state index in [-0.39, 0.29) is 16.9 Å². The summed E-state index contributed by atoms with van der Waals surface area (Å²) in [6.45, 7) is 1.78. The molecule has 1 fully saturated rings. The van der Waals surface area contributed by atoms with Crippen LogP contribution >= 0.6 is 0 Å². The number of nitrogens with one attached hydrogen (secondary N) is 1. The van der Waals surface area contributed by atoms with Crippen LogP contribution in [0.3, 0.4) is 0 Å². The second-order valence-corrected chi connectivity index (χ2v) is 8.04. The van der Waals surface area contributed by atoms with E-state index in [9.17, 15) is 9.18 Å². The van der Waals surface area contributed by atoms with Gasteiger partial charge in [-0.05, 0) is 68.6 Å². The molecule has 29 heavy (non-hydrogen) atoms. The molecule has 3 heterocycles. The monoisotopic (exact) mass is 387 g/mol. The van der Waals surface area contributed by atoms with Crippen molar-refractivity contribution in [1.29, 1.82) is 0 Å². The third kappa shape index (κ3) is 3.45. The van der Waals surface area contributed by atoms with Crippen LogP contribution in [0.4, 0.5) is 4.39 Å². The lowest BCUT2D eigenvalue weighted by atomic mass is 9.89. The number of rotatable bonds is 0. The zero-order valence-electron chi connectivity index (χ0n) is 16.2. The Bertz CT molecular complexity index is 1210. The van der Waals surface area contributed by atoms with E-state index in [0.29, 0.717) is 23.0 Å². The van der Waals surface area contributed by atoms with Crippen LogP contribution in [-0.2, 0) is 13.0 Å². The van der Waals surface area contributed by atoms with Gasteiger partial charge in [0.2, 0.25) is 0 Å². The van der Waals surface area contributed by atoms with E-state index in [4.69, 9.17) is 4.98 Å². The molecule has 5 rings (SSSR count). The van der Waals surface area contributed by atoms with Gasteiger partial charge < -0.3 is 5.32 Å². The number of halogens is 1. The van der Waals surface area contributed by atoms with E-state index in [1.165, 1.54) is 25.0 Å². The average Bonchev–Trinajstić information content (AvgIpc) is 3.11. The maximum Gasteiger partial charge on any atom is 0.261 e.